The summed E-state index contributed by atoms with van der Waals surface area (Å²) in [7, 11) is -2.28. The number of rotatable bonds is 9. The molecular formula is C27H29ClN6O3S. The Morgan fingerprint density at radius 3 is 2.50 bits per heavy atom. The van der Waals surface area contributed by atoms with Crippen LogP contribution < -0.4 is 9.46 Å². The van der Waals surface area contributed by atoms with E-state index in [0.717, 1.165) is 53.3 Å². The number of aryl methyl sites for hydroxylation is 3. The fraction of sp³-hybridized carbons (Fsp3) is 0.296. The van der Waals surface area contributed by atoms with E-state index in [-0.39, 0.29) is 16.9 Å². The minimum atomic E-state index is -3.93. The van der Waals surface area contributed by atoms with Gasteiger partial charge in [0.15, 0.2) is 0 Å². The summed E-state index contributed by atoms with van der Waals surface area (Å²) >= 11 is 6.28. The zero-order valence-electron chi connectivity index (χ0n) is 21.4. The number of ether oxygens (including phenoxy) is 1. The molecule has 4 aromatic rings. The van der Waals surface area contributed by atoms with E-state index >= 15 is 0 Å². The van der Waals surface area contributed by atoms with E-state index in [1.807, 2.05) is 56.3 Å². The van der Waals surface area contributed by atoms with Gasteiger partial charge >= 0.3 is 0 Å². The zero-order valence-corrected chi connectivity index (χ0v) is 23.0. The molecule has 0 saturated carbocycles. The molecule has 1 fully saturated rings. The normalized spacial score (nSPS) is 14.3. The molecule has 1 aliphatic rings. The van der Waals surface area contributed by atoms with Crippen LogP contribution in [-0.4, -0.2) is 58.8 Å². The van der Waals surface area contributed by atoms with Gasteiger partial charge in [-0.05, 0) is 43.0 Å². The molecule has 11 heteroatoms. The molecule has 0 amide bonds. The molecule has 0 atom stereocenters. The van der Waals surface area contributed by atoms with Crippen molar-refractivity contribution in [3.8, 4) is 17.1 Å². The van der Waals surface area contributed by atoms with Crippen LogP contribution in [0.3, 0.4) is 0 Å². The minimum absolute atomic E-state index is 0.0247. The minimum Gasteiger partial charge on any atom is -0.471 e. The molecule has 2 aromatic heterocycles. The molecule has 1 aliphatic heterocycles. The number of nitrogens with one attached hydrogen (secondary N) is 1. The van der Waals surface area contributed by atoms with Gasteiger partial charge in [0.2, 0.25) is 11.8 Å². The molecule has 198 valence electrons. The van der Waals surface area contributed by atoms with Crippen molar-refractivity contribution in [2.45, 2.75) is 31.3 Å². The van der Waals surface area contributed by atoms with Crippen molar-refractivity contribution in [1.82, 2.24) is 24.6 Å². The van der Waals surface area contributed by atoms with Crippen molar-refractivity contribution in [3.63, 3.8) is 0 Å². The molecule has 0 spiro atoms. The monoisotopic (exact) mass is 552 g/mol. The Kier molecular flexibility index (Phi) is 7.38. The quantitative estimate of drug-likeness (QED) is 0.331. The topological polar surface area (TPSA) is 102 Å². The number of nitrogens with zero attached hydrogens (tertiary/aromatic N) is 5. The van der Waals surface area contributed by atoms with E-state index in [1.54, 1.807) is 13.1 Å². The van der Waals surface area contributed by atoms with Gasteiger partial charge in [-0.3, -0.25) is 9.58 Å². The van der Waals surface area contributed by atoms with Crippen molar-refractivity contribution in [2.24, 2.45) is 7.05 Å². The van der Waals surface area contributed by atoms with Gasteiger partial charge in [-0.25, -0.2) is 18.1 Å². The first-order chi connectivity index (χ1) is 18.2. The number of sulfonamides is 1. The lowest BCUT2D eigenvalue weighted by Gasteiger charge is -2.38. The Labute approximate surface area is 227 Å². The lowest BCUT2D eigenvalue weighted by atomic mass is 10.00. The summed E-state index contributed by atoms with van der Waals surface area (Å²) in [6.07, 6.45) is 3.49. The van der Waals surface area contributed by atoms with Crippen LogP contribution in [0.1, 0.15) is 16.7 Å². The fourth-order valence-corrected chi connectivity index (χ4v) is 5.68. The second-order valence-corrected chi connectivity index (χ2v) is 11.6. The number of hydrogen-bond acceptors (Lipinski definition) is 7. The van der Waals surface area contributed by atoms with Crippen molar-refractivity contribution < 1.29 is 13.2 Å². The Morgan fingerprint density at radius 1 is 1.08 bits per heavy atom. The molecular weight excluding hydrogens is 524 g/mol. The standard InChI is InChI=1S/C27H29ClN6O3S/c1-18-7-6-8-19(2)26(18)24-13-25(31-27(30-24)32-38(35,36)22-14-29-33(3)17-22)37-21-15-34(16-21)12-11-20-9-4-5-10-23(20)28/h4-10,13-14,17,21H,11-12,15-16H2,1-3H3,(H,30,31,32). The first-order valence-corrected chi connectivity index (χ1v) is 14.1. The van der Waals surface area contributed by atoms with Gasteiger partial charge in [0.05, 0.1) is 11.9 Å². The van der Waals surface area contributed by atoms with Crippen LogP contribution in [0, 0.1) is 13.8 Å². The number of benzene rings is 2. The molecule has 5 rings (SSSR count). The first kappa shape index (κ1) is 26.1. The second-order valence-electron chi connectivity index (χ2n) is 9.48. The summed E-state index contributed by atoms with van der Waals surface area (Å²) < 4.78 is 36.0. The van der Waals surface area contributed by atoms with Gasteiger partial charge in [-0.1, -0.05) is 48.0 Å². The molecule has 38 heavy (non-hydrogen) atoms. The van der Waals surface area contributed by atoms with Crippen LogP contribution in [0.25, 0.3) is 11.3 Å². The van der Waals surface area contributed by atoms with Crippen LogP contribution in [0.5, 0.6) is 5.88 Å². The van der Waals surface area contributed by atoms with E-state index in [0.29, 0.717) is 11.6 Å². The lowest BCUT2D eigenvalue weighted by molar-refractivity contribution is 0.0181. The third-order valence-corrected chi connectivity index (χ3v) is 8.17. The largest absolute Gasteiger partial charge is 0.471 e. The maximum absolute atomic E-state index is 13.0. The third kappa shape index (κ3) is 5.82. The van der Waals surface area contributed by atoms with E-state index in [1.165, 1.54) is 17.1 Å². The van der Waals surface area contributed by atoms with Gasteiger partial charge in [-0.15, -0.1) is 0 Å². The molecule has 2 aromatic carbocycles. The van der Waals surface area contributed by atoms with Gasteiger partial charge in [-0.2, -0.15) is 10.1 Å². The lowest BCUT2D eigenvalue weighted by Crippen LogP contribution is -2.54. The maximum Gasteiger partial charge on any atom is 0.267 e. The second kappa shape index (κ2) is 10.7. The number of halogens is 1. The number of anilines is 1. The van der Waals surface area contributed by atoms with Crippen LogP contribution in [0.2, 0.25) is 5.02 Å². The molecule has 1 N–H and O–H groups in total. The van der Waals surface area contributed by atoms with Crippen LogP contribution in [0.4, 0.5) is 5.95 Å². The van der Waals surface area contributed by atoms with Gasteiger partial charge in [0.25, 0.3) is 10.0 Å². The van der Waals surface area contributed by atoms with E-state index in [4.69, 9.17) is 16.3 Å². The van der Waals surface area contributed by atoms with Crippen LogP contribution in [-0.2, 0) is 23.5 Å². The van der Waals surface area contributed by atoms with Crippen molar-refractivity contribution >= 4 is 27.6 Å². The average Bonchev–Trinajstić information content (AvgIpc) is 3.28. The molecule has 0 radical (unpaired) electrons. The summed E-state index contributed by atoms with van der Waals surface area (Å²) in [5.74, 6) is 0.260. The molecule has 0 aliphatic carbocycles. The maximum atomic E-state index is 13.0. The number of hydrogen-bond donors (Lipinski definition) is 1. The average molecular weight is 553 g/mol. The van der Waals surface area contributed by atoms with Gasteiger partial charge in [0, 0.05) is 49.5 Å². The number of likely N-dealkylation sites (tertiary alicyclic amines) is 1. The van der Waals surface area contributed by atoms with Crippen LogP contribution in [0.15, 0.2) is 65.8 Å². The van der Waals surface area contributed by atoms with Crippen molar-refractivity contribution in [2.75, 3.05) is 24.4 Å². The molecule has 0 unspecified atom stereocenters. The Bertz CT molecular complexity index is 1550. The molecule has 9 nitrogen and oxygen atoms in total. The van der Waals surface area contributed by atoms with Crippen molar-refractivity contribution in [1.29, 1.82) is 0 Å². The number of aromatic nitrogens is 4. The Hall–Kier alpha value is -3.47. The SMILES string of the molecule is Cc1cccc(C)c1-c1cc(OC2CN(CCc3ccccc3Cl)C2)nc(NS(=O)(=O)c2cnn(C)c2)n1. The molecule has 3 heterocycles. The van der Waals surface area contributed by atoms with E-state index in [9.17, 15) is 8.42 Å². The Morgan fingerprint density at radius 2 is 1.82 bits per heavy atom. The molecule has 0 bridgehead atoms. The van der Waals surface area contributed by atoms with Gasteiger partial charge in [0.1, 0.15) is 11.0 Å². The Balaban J connectivity index is 1.35. The predicted molar refractivity (Wildman–Crippen MR) is 147 cm³/mol. The highest BCUT2D eigenvalue weighted by molar-refractivity contribution is 7.92. The highest BCUT2D eigenvalue weighted by Crippen LogP contribution is 2.30. The summed E-state index contributed by atoms with van der Waals surface area (Å²) in [5.41, 5.74) is 4.66. The highest BCUT2D eigenvalue weighted by atomic mass is 35.5. The summed E-state index contributed by atoms with van der Waals surface area (Å²) in [6, 6.07) is 15.6. The zero-order chi connectivity index (χ0) is 26.9. The first-order valence-electron chi connectivity index (χ1n) is 12.3. The van der Waals surface area contributed by atoms with Crippen molar-refractivity contribution in [3.05, 3.63) is 82.6 Å². The summed E-state index contributed by atoms with van der Waals surface area (Å²) in [6.45, 7) is 6.34. The van der Waals surface area contributed by atoms with Gasteiger partial charge < -0.3 is 4.74 Å². The van der Waals surface area contributed by atoms with E-state index in [2.05, 4.69) is 24.7 Å². The third-order valence-electron chi connectivity index (χ3n) is 6.52. The van der Waals surface area contributed by atoms with E-state index < -0.39 is 10.0 Å². The fourth-order valence-electron chi connectivity index (χ4n) is 4.52. The smallest absolute Gasteiger partial charge is 0.267 e. The highest BCUT2D eigenvalue weighted by Gasteiger charge is 2.29. The summed E-state index contributed by atoms with van der Waals surface area (Å²) in [4.78, 5) is 11.3. The predicted octanol–water partition coefficient (Wildman–Crippen LogP) is 4.25. The summed E-state index contributed by atoms with van der Waals surface area (Å²) in [5, 5.41) is 4.73. The van der Waals surface area contributed by atoms with Crippen LogP contribution >= 0.6 is 11.6 Å². The molecule has 1 saturated heterocycles.